The number of aromatic hydroxyl groups is 1. The van der Waals surface area contributed by atoms with E-state index in [1.165, 1.54) is 38.5 Å². The van der Waals surface area contributed by atoms with Gasteiger partial charge in [-0.25, -0.2) is 0 Å². The third-order valence-electron chi connectivity index (χ3n) is 3.52. The van der Waals surface area contributed by atoms with Crippen molar-refractivity contribution in [2.24, 2.45) is 0 Å². The minimum Gasteiger partial charge on any atom is -0.500 e. The maximum atomic E-state index is 12.5. The molecule has 132 valence electrons. The van der Waals surface area contributed by atoms with Crippen LogP contribution in [0.1, 0.15) is 15.9 Å². The number of rotatable bonds is 6. The zero-order valence-corrected chi connectivity index (χ0v) is 13.9. The molecular weight excluding hydrogens is 340 g/mol. The first kappa shape index (κ1) is 18.5. The highest BCUT2D eigenvalue weighted by Crippen LogP contribution is 2.37. The molecule has 0 heterocycles. The van der Waals surface area contributed by atoms with Crippen molar-refractivity contribution in [1.82, 2.24) is 0 Å². The SMILES string of the molecule is COc1ccc(C(=O)C(C#N)=Cc2cc(OC)c(O)c([N+](=O)[O-])c2)cc1. The second-order valence-corrected chi connectivity index (χ2v) is 5.08. The van der Waals surface area contributed by atoms with E-state index in [1.807, 2.05) is 0 Å². The molecule has 0 atom stereocenters. The number of carbonyl (C=O) groups excluding carboxylic acids is 1. The second-order valence-electron chi connectivity index (χ2n) is 5.08. The van der Waals surface area contributed by atoms with Gasteiger partial charge in [-0.05, 0) is 42.0 Å². The minimum atomic E-state index is -0.785. The molecule has 2 aromatic carbocycles. The summed E-state index contributed by atoms with van der Waals surface area (Å²) in [6.45, 7) is 0. The van der Waals surface area contributed by atoms with E-state index in [0.717, 1.165) is 6.07 Å². The first-order chi connectivity index (χ1) is 12.4. The van der Waals surface area contributed by atoms with Gasteiger partial charge in [-0.2, -0.15) is 5.26 Å². The molecule has 1 N–H and O–H groups in total. The molecule has 0 bridgehead atoms. The Balaban J connectivity index is 2.47. The average molecular weight is 354 g/mol. The van der Waals surface area contributed by atoms with Crippen LogP contribution in [0, 0.1) is 21.4 Å². The molecule has 0 aliphatic rings. The predicted octanol–water partition coefficient (Wildman–Crippen LogP) is 3.11. The minimum absolute atomic E-state index is 0.139. The highest BCUT2D eigenvalue weighted by Gasteiger charge is 2.20. The monoisotopic (exact) mass is 354 g/mol. The fourth-order valence-electron chi connectivity index (χ4n) is 2.21. The number of methoxy groups -OCH3 is 2. The highest BCUT2D eigenvalue weighted by molar-refractivity contribution is 6.14. The number of hydrogen-bond acceptors (Lipinski definition) is 7. The van der Waals surface area contributed by atoms with Crippen LogP contribution in [-0.4, -0.2) is 30.0 Å². The number of benzene rings is 2. The first-order valence-corrected chi connectivity index (χ1v) is 7.27. The number of ketones is 1. The topological polar surface area (TPSA) is 123 Å². The van der Waals surface area contributed by atoms with Crippen LogP contribution in [0.15, 0.2) is 42.0 Å². The van der Waals surface area contributed by atoms with Crippen molar-refractivity contribution in [2.45, 2.75) is 0 Å². The fraction of sp³-hybridized carbons (Fsp3) is 0.111. The summed E-state index contributed by atoms with van der Waals surface area (Å²) in [5.41, 5.74) is -0.384. The molecule has 0 fully saturated rings. The van der Waals surface area contributed by atoms with Crippen LogP contribution in [0.25, 0.3) is 6.08 Å². The zero-order valence-electron chi connectivity index (χ0n) is 13.9. The summed E-state index contributed by atoms with van der Waals surface area (Å²) in [5, 5.41) is 30.1. The van der Waals surface area contributed by atoms with E-state index < -0.39 is 22.1 Å². The van der Waals surface area contributed by atoms with Crippen LogP contribution in [0.2, 0.25) is 0 Å². The van der Waals surface area contributed by atoms with E-state index in [2.05, 4.69) is 0 Å². The van der Waals surface area contributed by atoms with E-state index in [9.17, 15) is 25.3 Å². The average Bonchev–Trinajstić information content (AvgIpc) is 2.66. The molecule has 8 nitrogen and oxygen atoms in total. The Morgan fingerprint density at radius 1 is 1.23 bits per heavy atom. The number of allylic oxidation sites excluding steroid dienone is 1. The summed E-state index contributed by atoms with van der Waals surface area (Å²) in [6.07, 6.45) is 1.20. The van der Waals surface area contributed by atoms with Crippen molar-refractivity contribution in [3.05, 3.63) is 63.2 Å². The zero-order chi connectivity index (χ0) is 19.3. The van der Waals surface area contributed by atoms with Gasteiger partial charge in [0, 0.05) is 11.6 Å². The van der Waals surface area contributed by atoms with Crippen LogP contribution < -0.4 is 9.47 Å². The Hall–Kier alpha value is -3.86. The molecule has 2 aromatic rings. The van der Waals surface area contributed by atoms with Crippen molar-refractivity contribution >= 4 is 17.5 Å². The molecular formula is C18H14N2O6. The van der Waals surface area contributed by atoms with Gasteiger partial charge in [0.2, 0.25) is 11.5 Å². The number of phenols is 1. The van der Waals surface area contributed by atoms with Crippen molar-refractivity contribution in [3.8, 4) is 23.3 Å². The predicted molar refractivity (Wildman–Crippen MR) is 92.2 cm³/mol. The number of ether oxygens (including phenoxy) is 2. The van der Waals surface area contributed by atoms with E-state index in [-0.39, 0.29) is 22.4 Å². The number of hydrogen-bond donors (Lipinski definition) is 1. The van der Waals surface area contributed by atoms with Gasteiger partial charge in [0.05, 0.1) is 19.1 Å². The lowest BCUT2D eigenvalue weighted by atomic mass is 10.0. The standard InChI is InChI=1S/C18H14N2O6/c1-25-14-5-3-12(4-6-14)17(21)13(10-19)7-11-8-15(20(23)24)18(22)16(9-11)26-2/h3-9,22H,1-2H3. The molecule has 0 unspecified atom stereocenters. The van der Waals surface area contributed by atoms with Crippen LogP contribution in [0.5, 0.6) is 17.2 Å². The van der Waals surface area contributed by atoms with Crippen molar-refractivity contribution in [2.75, 3.05) is 14.2 Å². The smallest absolute Gasteiger partial charge is 0.315 e. The van der Waals surface area contributed by atoms with Gasteiger partial charge in [-0.1, -0.05) is 0 Å². The molecule has 0 radical (unpaired) electrons. The van der Waals surface area contributed by atoms with Crippen LogP contribution in [-0.2, 0) is 0 Å². The van der Waals surface area contributed by atoms with Crippen molar-refractivity contribution in [1.29, 1.82) is 5.26 Å². The van der Waals surface area contributed by atoms with Gasteiger partial charge in [0.25, 0.3) is 0 Å². The fourth-order valence-corrected chi connectivity index (χ4v) is 2.21. The largest absolute Gasteiger partial charge is 0.500 e. The van der Waals surface area contributed by atoms with E-state index in [0.29, 0.717) is 5.75 Å². The molecule has 0 aliphatic carbocycles. The maximum Gasteiger partial charge on any atom is 0.315 e. The maximum absolute atomic E-state index is 12.5. The number of carbonyl (C=O) groups is 1. The number of nitrogens with zero attached hydrogens (tertiary/aromatic N) is 2. The van der Waals surface area contributed by atoms with Gasteiger partial charge in [0.15, 0.2) is 5.75 Å². The van der Waals surface area contributed by atoms with Crippen LogP contribution in [0.4, 0.5) is 5.69 Å². The Bertz CT molecular complexity index is 926. The van der Waals surface area contributed by atoms with Gasteiger partial charge >= 0.3 is 5.69 Å². The Morgan fingerprint density at radius 3 is 2.38 bits per heavy atom. The van der Waals surface area contributed by atoms with Gasteiger partial charge in [0.1, 0.15) is 17.4 Å². The molecule has 0 aliphatic heterocycles. The van der Waals surface area contributed by atoms with E-state index in [4.69, 9.17) is 9.47 Å². The molecule has 0 saturated heterocycles. The lowest BCUT2D eigenvalue weighted by Gasteiger charge is -2.06. The van der Waals surface area contributed by atoms with Gasteiger partial charge in [-0.15, -0.1) is 0 Å². The number of Topliss-reactive ketones (excluding diaryl/α,β-unsaturated/α-hetero) is 1. The molecule has 26 heavy (non-hydrogen) atoms. The normalized spacial score (nSPS) is 10.7. The van der Waals surface area contributed by atoms with Gasteiger partial charge < -0.3 is 14.6 Å². The van der Waals surface area contributed by atoms with Crippen LogP contribution >= 0.6 is 0 Å². The Kier molecular flexibility index (Phi) is 5.55. The van der Waals surface area contributed by atoms with Crippen LogP contribution in [0.3, 0.4) is 0 Å². The van der Waals surface area contributed by atoms with E-state index >= 15 is 0 Å². The van der Waals surface area contributed by atoms with E-state index in [1.54, 1.807) is 18.2 Å². The quantitative estimate of drug-likeness (QED) is 0.278. The number of nitro benzene ring substituents is 1. The lowest BCUT2D eigenvalue weighted by molar-refractivity contribution is -0.386. The summed E-state index contributed by atoms with van der Waals surface area (Å²) in [5.74, 6) is -0.762. The second kappa shape index (κ2) is 7.81. The number of nitro groups is 1. The molecule has 0 aromatic heterocycles. The highest BCUT2D eigenvalue weighted by atomic mass is 16.6. The Labute approximate surface area is 148 Å². The first-order valence-electron chi connectivity index (χ1n) is 7.27. The molecule has 0 spiro atoms. The summed E-state index contributed by atoms with van der Waals surface area (Å²) in [4.78, 5) is 22.7. The third kappa shape index (κ3) is 3.79. The number of phenolic OH excluding ortho intramolecular Hbond substituents is 1. The summed E-state index contributed by atoms with van der Waals surface area (Å²) in [6, 6.07) is 10.3. The third-order valence-corrected chi connectivity index (χ3v) is 3.52. The summed E-state index contributed by atoms with van der Waals surface area (Å²) < 4.78 is 9.91. The molecule has 2 rings (SSSR count). The molecule has 0 saturated carbocycles. The van der Waals surface area contributed by atoms with Crippen molar-refractivity contribution in [3.63, 3.8) is 0 Å². The van der Waals surface area contributed by atoms with Gasteiger partial charge in [-0.3, -0.25) is 14.9 Å². The van der Waals surface area contributed by atoms with Crippen molar-refractivity contribution < 1.29 is 24.3 Å². The lowest BCUT2D eigenvalue weighted by Crippen LogP contribution is -2.02. The molecule has 0 amide bonds. The molecule has 8 heteroatoms. The summed E-state index contributed by atoms with van der Waals surface area (Å²) >= 11 is 0. The number of nitriles is 1. The summed E-state index contributed by atoms with van der Waals surface area (Å²) in [7, 11) is 2.72. The Morgan fingerprint density at radius 2 is 1.88 bits per heavy atom.